The van der Waals surface area contributed by atoms with Crippen molar-refractivity contribution < 1.29 is 9.53 Å². The van der Waals surface area contributed by atoms with Gasteiger partial charge in [0.1, 0.15) is 16.8 Å². The molecule has 0 atom stereocenters. The standard InChI is InChI=1S/C27H24N4O3S/c1-16-11-12-17(2)22(13-16)28-23(32)15-35-27-30-24-20-9-4-5-10-21(20)29-25(24)26(33)31(27)18-7-6-8-19(14-18)34-3/h4-14,29H,15H2,1-3H3,(H,28,32). The van der Waals surface area contributed by atoms with Gasteiger partial charge in [0.25, 0.3) is 5.56 Å². The normalized spacial score (nSPS) is 11.2. The summed E-state index contributed by atoms with van der Waals surface area (Å²) in [6.07, 6.45) is 0. The van der Waals surface area contributed by atoms with Crippen molar-refractivity contribution in [2.24, 2.45) is 0 Å². The number of rotatable bonds is 6. The Morgan fingerprint density at radius 3 is 2.74 bits per heavy atom. The number of carbonyl (C=O) groups is 1. The maximum absolute atomic E-state index is 13.7. The molecule has 3 aromatic carbocycles. The summed E-state index contributed by atoms with van der Waals surface area (Å²) < 4.78 is 6.89. The van der Waals surface area contributed by atoms with Gasteiger partial charge in [0.05, 0.1) is 18.6 Å². The molecule has 2 N–H and O–H groups in total. The molecule has 0 fully saturated rings. The highest BCUT2D eigenvalue weighted by Crippen LogP contribution is 2.27. The molecule has 0 aliphatic heterocycles. The molecule has 0 saturated heterocycles. The third kappa shape index (κ3) is 4.40. The Bertz CT molecular complexity index is 1640. The maximum atomic E-state index is 13.7. The van der Waals surface area contributed by atoms with Crippen LogP contribution in [0.1, 0.15) is 11.1 Å². The SMILES string of the molecule is COc1cccc(-n2c(SCC(=O)Nc3cc(C)ccc3C)nc3c([nH]c4ccccc43)c2=O)c1. The highest BCUT2D eigenvalue weighted by atomic mass is 32.2. The topological polar surface area (TPSA) is 89.0 Å². The largest absolute Gasteiger partial charge is 0.497 e. The number of H-pyrrole nitrogens is 1. The molecule has 2 heterocycles. The van der Waals surface area contributed by atoms with E-state index >= 15 is 0 Å². The number of hydrogen-bond acceptors (Lipinski definition) is 5. The van der Waals surface area contributed by atoms with Crippen LogP contribution in [-0.2, 0) is 4.79 Å². The molecule has 0 bridgehead atoms. The van der Waals surface area contributed by atoms with E-state index in [1.807, 2.05) is 74.5 Å². The van der Waals surface area contributed by atoms with Crippen LogP contribution in [0.3, 0.4) is 0 Å². The molecule has 5 aromatic rings. The van der Waals surface area contributed by atoms with Crippen LogP contribution in [-0.4, -0.2) is 33.3 Å². The number of aromatic nitrogens is 3. The van der Waals surface area contributed by atoms with E-state index in [1.54, 1.807) is 13.2 Å². The monoisotopic (exact) mass is 484 g/mol. The van der Waals surface area contributed by atoms with Gasteiger partial charge >= 0.3 is 0 Å². The zero-order chi connectivity index (χ0) is 24.5. The van der Waals surface area contributed by atoms with Gasteiger partial charge in [-0.2, -0.15) is 0 Å². The van der Waals surface area contributed by atoms with E-state index in [9.17, 15) is 9.59 Å². The summed E-state index contributed by atoms with van der Waals surface area (Å²) in [5.74, 6) is 0.543. The van der Waals surface area contributed by atoms with Gasteiger partial charge in [-0.3, -0.25) is 14.2 Å². The number of nitrogens with zero attached hydrogens (tertiary/aromatic N) is 2. The second kappa shape index (κ2) is 9.31. The fourth-order valence-corrected chi connectivity index (χ4v) is 4.81. The summed E-state index contributed by atoms with van der Waals surface area (Å²) in [4.78, 5) is 34.6. The van der Waals surface area contributed by atoms with E-state index in [4.69, 9.17) is 9.72 Å². The fourth-order valence-electron chi connectivity index (χ4n) is 4.00. The summed E-state index contributed by atoms with van der Waals surface area (Å²) in [5, 5.41) is 4.26. The van der Waals surface area contributed by atoms with Crippen LogP contribution < -0.4 is 15.6 Å². The first-order chi connectivity index (χ1) is 16.9. The average Bonchev–Trinajstić information content (AvgIpc) is 3.24. The number of nitrogens with one attached hydrogen (secondary N) is 2. The lowest BCUT2D eigenvalue weighted by molar-refractivity contribution is -0.113. The Hall–Kier alpha value is -4.04. The van der Waals surface area contributed by atoms with Gasteiger partial charge in [-0.1, -0.05) is 48.2 Å². The number of anilines is 1. The number of amides is 1. The molecule has 0 spiro atoms. The van der Waals surface area contributed by atoms with E-state index in [0.29, 0.717) is 27.6 Å². The lowest BCUT2D eigenvalue weighted by Crippen LogP contribution is -2.23. The van der Waals surface area contributed by atoms with Crippen molar-refractivity contribution in [2.75, 3.05) is 18.2 Å². The first kappa shape index (κ1) is 22.7. The molecule has 0 unspecified atom stereocenters. The number of carbonyl (C=O) groups excluding carboxylic acids is 1. The summed E-state index contributed by atoms with van der Waals surface area (Å²) in [5.41, 5.74) is 5.04. The molecule has 0 aliphatic carbocycles. The summed E-state index contributed by atoms with van der Waals surface area (Å²) >= 11 is 1.22. The average molecular weight is 485 g/mol. The predicted molar refractivity (Wildman–Crippen MR) is 141 cm³/mol. The number of hydrogen-bond donors (Lipinski definition) is 2. The number of thioether (sulfide) groups is 1. The number of aryl methyl sites for hydroxylation is 2. The zero-order valence-electron chi connectivity index (χ0n) is 19.6. The maximum Gasteiger partial charge on any atom is 0.283 e. The van der Waals surface area contributed by atoms with Gasteiger partial charge in [0.15, 0.2) is 5.16 Å². The molecule has 0 aliphatic rings. The second-order valence-corrected chi connectivity index (χ2v) is 9.23. The fraction of sp³-hybridized carbons (Fsp3) is 0.148. The van der Waals surface area contributed by atoms with Crippen LogP contribution in [0.25, 0.3) is 27.6 Å². The van der Waals surface area contributed by atoms with Gasteiger partial charge in [-0.05, 0) is 49.2 Å². The van der Waals surface area contributed by atoms with Crippen molar-refractivity contribution in [1.29, 1.82) is 0 Å². The van der Waals surface area contributed by atoms with Gasteiger partial charge in [0, 0.05) is 22.7 Å². The number of para-hydroxylation sites is 1. The Morgan fingerprint density at radius 1 is 1.09 bits per heavy atom. The van der Waals surface area contributed by atoms with Crippen LogP contribution in [0.15, 0.2) is 76.7 Å². The molecule has 1 amide bonds. The second-order valence-electron chi connectivity index (χ2n) is 8.29. The van der Waals surface area contributed by atoms with E-state index in [2.05, 4.69) is 10.3 Å². The molecule has 2 aromatic heterocycles. The smallest absolute Gasteiger partial charge is 0.283 e. The van der Waals surface area contributed by atoms with Gasteiger partial charge in [-0.15, -0.1) is 0 Å². The number of fused-ring (bicyclic) bond motifs is 3. The molecular weight excluding hydrogens is 460 g/mol. The highest BCUT2D eigenvalue weighted by Gasteiger charge is 2.18. The minimum Gasteiger partial charge on any atom is -0.497 e. The molecule has 5 rings (SSSR count). The molecule has 176 valence electrons. The molecule has 8 heteroatoms. The van der Waals surface area contributed by atoms with Crippen molar-refractivity contribution >= 4 is 45.3 Å². The summed E-state index contributed by atoms with van der Waals surface area (Å²) in [6.45, 7) is 3.94. The first-order valence-corrected chi connectivity index (χ1v) is 12.1. The van der Waals surface area contributed by atoms with E-state index in [1.165, 1.54) is 16.3 Å². The van der Waals surface area contributed by atoms with E-state index in [-0.39, 0.29) is 17.2 Å². The van der Waals surface area contributed by atoms with Gasteiger partial charge < -0.3 is 15.0 Å². The summed E-state index contributed by atoms with van der Waals surface area (Å²) in [6, 6.07) is 20.8. The highest BCUT2D eigenvalue weighted by molar-refractivity contribution is 7.99. The number of aromatic amines is 1. The number of benzene rings is 3. The van der Waals surface area contributed by atoms with Gasteiger partial charge in [-0.25, -0.2) is 4.98 Å². The quantitative estimate of drug-likeness (QED) is 0.255. The Kier molecular flexibility index (Phi) is 6.05. The minimum atomic E-state index is -0.239. The number of ether oxygens (including phenoxy) is 1. The predicted octanol–water partition coefficient (Wildman–Crippen LogP) is 5.22. The first-order valence-electron chi connectivity index (χ1n) is 11.1. The molecule has 0 radical (unpaired) electrons. The van der Waals surface area contributed by atoms with Crippen LogP contribution in [0.4, 0.5) is 5.69 Å². The molecule has 0 saturated carbocycles. The zero-order valence-corrected chi connectivity index (χ0v) is 20.4. The van der Waals surface area contributed by atoms with Crippen LogP contribution in [0.2, 0.25) is 0 Å². The minimum absolute atomic E-state index is 0.0949. The van der Waals surface area contributed by atoms with Crippen molar-refractivity contribution in [3.8, 4) is 11.4 Å². The Morgan fingerprint density at radius 2 is 1.91 bits per heavy atom. The molecular formula is C27H24N4O3S. The van der Waals surface area contributed by atoms with Crippen LogP contribution in [0.5, 0.6) is 5.75 Å². The van der Waals surface area contributed by atoms with Gasteiger partial charge in [0.2, 0.25) is 5.91 Å². The van der Waals surface area contributed by atoms with E-state index in [0.717, 1.165) is 27.7 Å². The molecule has 7 nitrogen and oxygen atoms in total. The lowest BCUT2D eigenvalue weighted by Gasteiger charge is -2.13. The molecule has 35 heavy (non-hydrogen) atoms. The number of methoxy groups -OCH3 is 1. The van der Waals surface area contributed by atoms with Crippen molar-refractivity contribution in [3.05, 3.63) is 88.2 Å². The lowest BCUT2D eigenvalue weighted by atomic mass is 10.1. The van der Waals surface area contributed by atoms with E-state index < -0.39 is 0 Å². The van der Waals surface area contributed by atoms with Crippen LogP contribution >= 0.6 is 11.8 Å². The third-order valence-corrected chi connectivity index (χ3v) is 6.74. The van der Waals surface area contributed by atoms with Crippen molar-refractivity contribution in [2.45, 2.75) is 19.0 Å². The Balaban J connectivity index is 1.57. The van der Waals surface area contributed by atoms with Crippen molar-refractivity contribution in [1.82, 2.24) is 14.5 Å². The van der Waals surface area contributed by atoms with Crippen molar-refractivity contribution in [3.63, 3.8) is 0 Å². The Labute approximate surface area is 206 Å². The third-order valence-electron chi connectivity index (χ3n) is 5.81. The van der Waals surface area contributed by atoms with Crippen LogP contribution in [0, 0.1) is 13.8 Å². The summed E-state index contributed by atoms with van der Waals surface area (Å²) in [7, 11) is 1.58.